The van der Waals surface area contributed by atoms with Crippen molar-refractivity contribution in [2.45, 2.75) is 13.5 Å². The molecule has 0 unspecified atom stereocenters. The fourth-order valence-corrected chi connectivity index (χ4v) is 2.60. The van der Waals surface area contributed by atoms with Gasteiger partial charge in [-0.05, 0) is 24.6 Å². The van der Waals surface area contributed by atoms with Gasteiger partial charge in [0.2, 0.25) is 5.95 Å². The molecular formula is C17H19ClN4O2. The summed E-state index contributed by atoms with van der Waals surface area (Å²) >= 11 is 5.85. The number of anilines is 1. The maximum Gasteiger partial charge on any atom is 0.254 e. The Balaban J connectivity index is 1.65. The molecule has 1 fully saturated rings. The highest BCUT2D eigenvalue weighted by atomic mass is 35.5. The number of carbonyl (C=O) groups excluding carboxylic acids is 1. The Labute approximate surface area is 145 Å². The Bertz CT molecular complexity index is 715. The number of ether oxygens (including phenoxy) is 1. The monoisotopic (exact) mass is 346 g/mol. The van der Waals surface area contributed by atoms with Gasteiger partial charge in [-0.25, -0.2) is 9.97 Å². The molecule has 0 atom stereocenters. The highest BCUT2D eigenvalue weighted by Crippen LogP contribution is 2.13. The van der Waals surface area contributed by atoms with Crippen LogP contribution in [0.1, 0.15) is 21.6 Å². The highest BCUT2D eigenvalue weighted by Gasteiger charge is 2.17. The largest absolute Gasteiger partial charge is 0.378 e. The van der Waals surface area contributed by atoms with Crippen LogP contribution in [0.2, 0.25) is 5.02 Å². The molecule has 1 saturated heterocycles. The Kier molecular flexibility index (Phi) is 5.27. The second-order valence-electron chi connectivity index (χ2n) is 5.58. The molecule has 1 N–H and O–H groups in total. The van der Waals surface area contributed by atoms with Gasteiger partial charge in [-0.15, -0.1) is 0 Å². The van der Waals surface area contributed by atoms with Gasteiger partial charge in [0.15, 0.2) is 0 Å². The molecule has 1 aliphatic rings. The minimum Gasteiger partial charge on any atom is -0.378 e. The van der Waals surface area contributed by atoms with Gasteiger partial charge in [0, 0.05) is 30.9 Å². The van der Waals surface area contributed by atoms with Gasteiger partial charge in [0.1, 0.15) is 0 Å². The summed E-state index contributed by atoms with van der Waals surface area (Å²) in [5.74, 6) is 0.459. The van der Waals surface area contributed by atoms with Crippen LogP contribution >= 0.6 is 11.6 Å². The van der Waals surface area contributed by atoms with E-state index in [1.807, 2.05) is 19.1 Å². The number of rotatable bonds is 4. The van der Waals surface area contributed by atoms with E-state index >= 15 is 0 Å². The first-order chi connectivity index (χ1) is 11.6. The SMILES string of the molecule is Cc1nc(N2CCOCC2)ncc1C(=O)NCc1ccc(Cl)cc1. The molecule has 0 aliphatic carbocycles. The summed E-state index contributed by atoms with van der Waals surface area (Å²) in [4.78, 5) is 23.2. The van der Waals surface area contributed by atoms with E-state index < -0.39 is 0 Å². The number of hydrogen-bond donors (Lipinski definition) is 1. The minimum absolute atomic E-state index is 0.184. The summed E-state index contributed by atoms with van der Waals surface area (Å²) < 4.78 is 5.33. The number of nitrogens with zero attached hydrogens (tertiary/aromatic N) is 3. The summed E-state index contributed by atoms with van der Waals surface area (Å²) in [7, 11) is 0. The second kappa shape index (κ2) is 7.59. The lowest BCUT2D eigenvalue weighted by Gasteiger charge is -2.27. The minimum atomic E-state index is -0.184. The van der Waals surface area contributed by atoms with Crippen molar-refractivity contribution in [3.05, 3.63) is 52.3 Å². The Morgan fingerprint density at radius 3 is 2.67 bits per heavy atom. The number of halogens is 1. The summed E-state index contributed by atoms with van der Waals surface area (Å²) in [6, 6.07) is 7.37. The van der Waals surface area contributed by atoms with Crippen LogP contribution in [0, 0.1) is 6.92 Å². The van der Waals surface area contributed by atoms with Crippen molar-refractivity contribution in [3.8, 4) is 0 Å². The van der Waals surface area contributed by atoms with Crippen LogP contribution in [0.4, 0.5) is 5.95 Å². The molecule has 2 heterocycles. The van der Waals surface area contributed by atoms with E-state index in [1.165, 1.54) is 0 Å². The zero-order chi connectivity index (χ0) is 16.9. The molecule has 1 aromatic carbocycles. The zero-order valence-corrected chi connectivity index (χ0v) is 14.2. The number of carbonyl (C=O) groups is 1. The first-order valence-corrected chi connectivity index (χ1v) is 8.20. The van der Waals surface area contributed by atoms with E-state index in [0.29, 0.717) is 42.0 Å². The van der Waals surface area contributed by atoms with Gasteiger partial charge in [-0.3, -0.25) is 4.79 Å². The maximum absolute atomic E-state index is 12.3. The molecule has 24 heavy (non-hydrogen) atoms. The summed E-state index contributed by atoms with van der Waals surface area (Å²) in [6.07, 6.45) is 1.59. The quantitative estimate of drug-likeness (QED) is 0.919. The molecule has 0 saturated carbocycles. The predicted molar refractivity (Wildman–Crippen MR) is 92.4 cm³/mol. The maximum atomic E-state index is 12.3. The molecule has 1 aromatic heterocycles. The Morgan fingerprint density at radius 2 is 2.00 bits per heavy atom. The summed E-state index contributed by atoms with van der Waals surface area (Å²) in [6.45, 7) is 5.13. The van der Waals surface area contributed by atoms with Crippen molar-refractivity contribution in [1.29, 1.82) is 0 Å². The molecule has 6 nitrogen and oxygen atoms in total. The predicted octanol–water partition coefficient (Wildman–Crippen LogP) is 2.21. The lowest BCUT2D eigenvalue weighted by Crippen LogP contribution is -2.37. The number of aryl methyl sites for hydroxylation is 1. The van der Waals surface area contributed by atoms with E-state index in [4.69, 9.17) is 16.3 Å². The summed E-state index contributed by atoms with van der Waals surface area (Å²) in [5.41, 5.74) is 2.14. The molecule has 1 aliphatic heterocycles. The van der Waals surface area contributed by atoms with Crippen LogP contribution in [0.15, 0.2) is 30.5 Å². The van der Waals surface area contributed by atoms with Gasteiger partial charge >= 0.3 is 0 Å². The molecular weight excluding hydrogens is 328 g/mol. The van der Waals surface area contributed by atoms with Gasteiger partial charge in [-0.2, -0.15) is 0 Å². The van der Waals surface area contributed by atoms with E-state index in [0.717, 1.165) is 18.7 Å². The Hall–Kier alpha value is -2.18. The third-order valence-corrected chi connectivity index (χ3v) is 4.12. The number of morpholine rings is 1. The third-order valence-electron chi connectivity index (χ3n) is 3.87. The van der Waals surface area contributed by atoms with Crippen molar-refractivity contribution >= 4 is 23.5 Å². The van der Waals surface area contributed by atoms with Crippen LogP contribution in [0.25, 0.3) is 0 Å². The van der Waals surface area contributed by atoms with Crippen LogP contribution in [0.3, 0.4) is 0 Å². The van der Waals surface area contributed by atoms with Gasteiger partial charge in [0.25, 0.3) is 5.91 Å². The smallest absolute Gasteiger partial charge is 0.254 e. The molecule has 1 amide bonds. The van der Waals surface area contributed by atoms with Gasteiger partial charge < -0.3 is 15.0 Å². The molecule has 0 spiro atoms. The van der Waals surface area contributed by atoms with Crippen LogP contribution in [-0.2, 0) is 11.3 Å². The van der Waals surface area contributed by atoms with Crippen molar-refractivity contribution in [1.82, 2.24) is 15.3 Å². The first-order valence-electron chi connectivity index (χ1n) is 7.82. The van der Waals surface area contributed by atoms with Crippen molar-refractivity contribution in [3.63, 3.8) is 0 Å². The average Bonchev–Trinajstić information content (AvgIpc) is 2.61. The number of aromatic nitrogens is 2. The number of hydrogen-bond acceptors (Lipinski definition) is 5. The van der Waals surface area contributed by atoms with Crippen LogP contribution < -0.4 is 10.2 Å². The lowest BCUT2D eigenvalue weighted by atomic mass is 10.2. The zero-order valence-electron chi connectivity index (χ0n) is 13.5. The van der Waals surface area contributed by atoms with Crippen molar-refractivity contribution < 1.29 is 9.53 Å². The number of nitrogens with one attached hydrogen (secondary N) is 1. The van der Waals surface area contributed by atoms with E-state index in [-0.39, 0.29) is 5.91 Å². The fraction of sp³-hybridized carbons (Fsp3) is 0.353. The van der Waals surface area contributed by atoms with Crippen molar-refractivity contribution in [2.75, 3.05) is 31.2 Å². The first kappa shape index (κ1) is 16.7. The second-order valence-corrected chi connectivity index (χ2v) is 6.01. The fourth-order valence-electron chi connectivity index (χ4n) is 2.47. The molecule has 3 rings (SSSR count). The third kappa shape index (κ3) is 4.01. The number of benzene rings is 1. The van der Waals surface area contributed by atoms with E-state index in [9.17, 15) is 4.79 Å². The van der Waals surface area contributed by atoms with Crippen molar-refractivity contribution in [2.24, 2.45) is 0 Å². The van der Waals surface area contributed by atoms with Gasteiger partial charge in [0.05, 0.1) is 24.5 Å². The lowest BCUT2D eigenvalue weighted by molar-refractivity contribution is 0.0949. The molecule has 0 radical (unpaired) electrons. The molecule has 0 bridgehead atoms. The molecule has 126 valence electrons. The van der Waals surface area contributed by atoms with E-state index in [2.05, 4.69) is 20.2 Å². The van der Waals surface area contributed by atoms with E-state index in [1.54, 1.807) is 18.3 Å². The molecule has 7 heteroatoms. The van der Waals surface area contributed by atoms with Gasteiger partial charge in [-0.1, -0.05) is 23.7 Å². The summed E-state index contributed by atoms with van der Waals surface area (Å²) in [5, 5.41) is 3.55. The number of amides is 1. The van der Waals surface area contributed by atoms with Crippen LogP contribution in [-0.4, -0.2) is 42.2 Å². The normalized spacial score (nSPS) is 14.5. The van der Waals surface area contributed by atoms with Crippen LogP contribution in [0.5, 0.6) is 0 Å². The average molecular weight is 347 g/mol. The molecule has 2 aromatic rings. The highest BCUT2D eigenvalue weighted by molar-refractivity contribution is 6.30. The standard InChI is InChI=1S/C17H19ClN4O2/c1-12-15(11-20-17(21-12)22-6-8-24-9-7-22)16(23)19-10-13-2-4-14(18)5-3-13/h2-5,11H,6-10H2,1H3,(H,19,23). The topological polar surface area (TPSA) is 67.3 Å². The Morgan fingerprint density at radius 1 is 1.29 bits per heavy atom.